The summed E-state index contributed by atoms with van der Waals surface area (Å²) in [4.78, 5) is 30.8. The molecule has 0 radical (unpaired) electrons. The Kier molecular flexibility index (Phi) is 6.13. The van der Waals surface area contributed by atoms with Crippen molar-refractivity contribution < 1.29 is 4.79 Å². The molecule has 0 bridgehead atoms. The maximum atomic E-state index is 11.9. The molecule has 0 saturated carbocycles. The summed E-state index contributed by atoms with van der Waals surface area (Å²) in [5.41, 5.74) is 0.579. The third-order valence-electron chi connectivity index (χ3n) is 3.58. The Bertz CT molecular complexity index is 679. The Morgan fingerprint density at radius 1 is 1.23 bits per heavy atom. The topological polar surface area (TPSA) is 74.8 Å². The van der Waals surface area contributed by atoms with Crippen molar-refractivity contribution in [3.05, 3.63) is 40.4 Å². The number of nitrogens with one attached hydrogen (secondary N) is 2. The van der Waals surface area contributed by atoms with Crippen LogP contribution in [0.1, 0.15) is 44.9 Å². The number of carbonyl (C=O) groups is 1. The lowest BCUT2D eigenvalue weighted by Gasteiger charge is -2.05. The van der Waals surface area contributed by atoms with Gasteiger partial charge in [0.1, 0.15) is 5.82 Å². The molecule has 1 heterocycles. The highest BCUT2D eigenvalue weighted by atomic mass is 16.1. The first-order chi connectivity index (χ1) is 10.7. The lowest BCUT2D eigenvalue weighted by Crippen LogP contribution is -2.24. The number of para-hydroxylation sites is 1. The molecule has 0 unspecified atom stereocenters. The predicted octanol–water partition coefficient (Wildman–Crippen LogP) is 2.55. The Morgan fingerprint density at radius 3 is 2.86 bits per heavy atom. The van der Waals surface area contributed by atoms with Crippen molar-refractivity contribution in [1.29, 1.82) is 0 Å². The van der Waals surface area contributed by atoms with E-state index < -0.39 is 0 Å². The second-order valence-electron chi connectivity index (χ2n) is 5.44. The Morgan fingerprint density at radius 2 is 2.05 bits per heavy atom. The van der Waals surface area contributed by atoms with Gasteiger partial charge in [-0.2, -0.15) is 0 Å². The summed E-state index contributed by atoms with van der Waals surface area (Å²) in [6.45, 7) is 2.89. The fraction of sp³-hybridized carbons (Fsp3) is 0.471. The molecular weight excluding hydrogens is 278 g/mol. The molecule has 0 fully saturated rings. The first-order valence-electron chi connectivity index (χ1n) is 7.95. The Hall–Kier alpha value is -2.17. The minimum atomic E-state index is -0.121. The van der Waals surface area contributed by atoms with Crippen LogP contribution in [0.25, 0.3) is 10.9 Å². The molecule has 2 N–H and O–H groups in total. The van der Waals surface area contributed by atoms with Gasteiger partial charge in [0.05, 0.1) is 10.9 Å². The largest absolute Gasteiger partial charge is 0.356 e. The van der Waals surface area contributed by atoms with Crippen LogP contribution in [-0.2, 0) is 11.2 Å². The van der Waals surface area contributed by atoms with Crippen molar-refractivity contribution >= 4 is 16.8 Å². The third kappa shape index (κ3) is 4.69. The van der Waals surface area contributed by atoms with E-state index in [1.54, 1.807) is 6.07 Å². The highest BCUT2D eigenvalue weighted by molar-refractivity contribution is 5.77. The number of aromatic amines is 1. The van der Waals surface area contributed by atoms with Crippen molar-refractivity contribution in [3.63, 3.8) is 0 Å². The molecule has 0 aliphatic carbocycles. The molecule has 1 amide bonds. The fourth-order valence-corrected chi connectivity index (χ4v) is 2.36. The molecule has 0 saturated heterocycles. The fourth-order valence-electron chi connectivity index (χ4n) is 2.36. The highest BCUT2D eigenvalue weighted by Crippen LogP contribution is 2.07. The molecule has 118 valence electrons. The number of amides is 1. The average molecular weight is 301 g/mol. The van der Waals surface area contributed by atoms with Gasteiger partial charge in [-0.1, -0.05) is 31.9 Å². The van der Waals surface area contributed by atoms with E-state index in [1.807, 2.05) is 18.2 Å². The summed E-state index contributed by atoms with van der Waals surface area (Å²) in [6.07, 6.45) is 5.06. The van der Waals surface area contributed by atoms with Crippen LogP contribution in [0, 0.1) is 0 Å². The minimum absolute atomic E-state index is 0.0687. The van der Waals surface area contributed by atoms with E-state index >= 15 is 0 Å². The van der Waals surface area contributed by atoms with Crippen LogP contribution < -0.4 is 10.9 Å². The SMILES string of the molecule is CCCCCNC(=O)CCCc1nc2ccccc2c(=O)[nH]1. The van der Waals surface area contributed by atoms with Gasteiger partial charge in [0, 0.05) is 19.4 Å². The molecule has 5 nitrogen and oxygen atoms in total. The molecule has 1 aromatic heterocycles. The molecule has 5 heteroatoms. The van der Waals surface area contributed by atoms with Gasteiger partial charge in [0.25, 0.3) is 5.56 Å². The minimum Gasteiger partial charge on any atom is -0.356 e. The first kappa shape index (κ1) is 16.2. The zero-order chi connectivity index (χ0) is 15.8. The zero-order valence-electron chi connectivity index (χ0n) is 13.0. The number of hydrogen-bond donors (Lipinski definition) is 2. The van der Waals surface area contributed by atoms with Crippen LogP contribution >= 0.6 is 0 Å². The smallest absolute Gasteiger partial charge is 0.258 e. The van der Waals surface area contributed by atoms with Crippen molar-refractivity contribution in [2.75, 3.05) is 6.54 Å². The summed E-state index contributed by atoms with van der Waals surface area (Å²) in [7, 11) is 0. The van der Waals surface area contributed by atoms with Gasteiger partial charge in [-0.15, -0.1) is 0 Å². The summed E-state index contributed by atoms with van der Waals surface area (Å²) >= 11 is 0. The first-order valence-corrected chi connectivity index (χ1v) is 7.95. The zero-order valence-corrected chi connectivity index (χ0v) is 13.0. The number of fused-ring (bicyclic) bond motifs is 1. The van der Waals surface area contributed by atoms with Crippen LogP contribution in [0.5, 0.6) is 0 Å². The van der Waals surface area contributed by atoms with Crippen LogP contribution in [-0.4, -0.2) is 22.4 Å². The number of hydrogen-bond acceptors (Lipinski definition) is 3. The van der Waals surface area contributed by atoms with Crippen LogP contribution in [0.15, 0.2) is 29.1 Å². The normalized spacial score (nSPS) is 10.8. The van der Waals surface area contributed by atoms with Crippen LogP contribution in [0.2, 0.25) is 0 Å². The van der Waals surface area contributed by atoms with Crippen LogP contribution in [0.4, 0.5) is 0 Å². The lowest BCUT2D eigenvalue weighted by atomic mass is 10.2. The molecule has 2 rings (SSSR count). The summed E-state index contributed by atoms with van der Waals surface area (Å²) in [5, 5.41) is 3.51. The summed E-state index contributed by atoms with van der Waals surface area (Å²) in [6, 6.07) is 7.27. The highest BCUT2D eigenvalue weighted by Gasteiger charge is 2.05. The Labute approximate surface area is 130 Å². The molecular formula is C17H23N3O2. The van der Waals surface area contributed by atoms with E-state index in [9.17, 15) is 9.59 Å². The van der Waals surface area contributed by atoms with Crippen molar-refractivity contribution in [2.45, 2.75) is 45.4 Å². The van der Waals surface area contributed by atoms with Gasteiger partial charge in [-0.05, 0) is 25.0 Å². The molecule has 0 atom stereocenters. The van der Waals surface area contributed by atoms with Gasteiger partial charge in [-0.25, -0.2) is 4.98 Å². The van der Waals surface area contributed by atoms with E-state index in [4.69, 9.17) is 0 Å². The maximum absolute atomic E-state index is 11.9. The van der Waals surface area contributed by atoms with Gasteiger partial charge in [-0.3, -0.25) is 9.59 Å². The van der Waals surface area contributed by atoms with Gasteiger partial charge in [0.15, 0.2) is 0 Å². The molecule has 1 aromatic carbocycles. The third-order valence-corrected chi connectivity index (χ3v) is 3.58. The Balaban J connectivity index is 1.82. The van der Waals surface area contributed by atoms with Crippen molar-refractivity contribution in [1.82, 2.24) is 15.3 Å². The second-order valence-corrected chi connectivity index (χ2v) is 5.44. The number of aromatic nitrogens is 2. The van der Waals surface area contributed by atoms with Crippen LogP contribution in [0.3, 0.4) is 0 Å². The quantitative estimate of drug-likeness (QED) is 0.736. The molecule has 2 aromatic rings. The van der Waals surface area contributed by atoms with Crippen molar-refractivity contribution in [2.24, 2.45) is 0 Å². The van der Waals surface area contributed by atoms with Gasteiger partial charge < -0.3 is 10.3 Å². The summed E-state index contributed by atoms with van der Waals surface area (Å²) in [5.74, 6) is 0.710. The second kappa shape index (κ2) is 8.32. The molecule has 0 aliphatic heterocycles. The van der Waals surface area contributed by atoms with E-state index in [0.717, 1.165) is 25.8 Å². The molecule has 0 aliphatic rings. The number of carbonyl (C=O) groups excluding carboxylic acids is 1. The predicted molar refractivity (Wildman–Crippen MR) is 87.8 cm³/mol. The standard InChI is InChI=1S/C17H23N3O2/c1-2-3-6-12-18-16(21)11-7-10-15-19-14-9-5-4-8-13(14)17(22)20-15/h4-5,8-9H,2-3,6-7,10-12H2,1H3,(H,18,21)(H,19,20,22). The summed E-state index contributed by atoms with van der Waals surface area (Å²) < 4.78 is 0. The number of H-pyrrole nitrogens is 1. The number of unbranched alkanes of at least 4 members (excludes halogenated alkanes) is 2. The van der Waals surface area contributed by atoms with Gasteiger partial charge >= 0.3 is 0 Å². The van der Waals surface area contributed by atoms with E-state index in [2.05, 4.69) is 22.2 Å². The number of aryl methyl sites for hydroxylation is 1. The van der Waals surface area contributed by atoms with E-state index in [0.29, 0.717) is 36.0 Å². The van der Waals surface area contributed by atoms with E-state index in [-0.39, 0.29) is 11.5 Å². The lowest BCUT2D eigenvalue weighted by molar-refractivity contribution is -0.121. The monoisotopic (exact) mass is 301 g/mol. The molecule has 0 spiro atoms. The number of nitrogens with zero attached hydrogens (tertiary/aromatic N) is 1. The van der Waals surface area contributed by atoms with E-state index in [1.165, 1.54) is 0 Å². The molecule has 22 heavy (non-hydrogen) atoms. The van der Waals surface area contributed by atoms with Crippen molar-refractivity contribution in [3.8, 4) is 0 Å². The number of rotatable bonds is 8. The van der Waals surface area contributed by atoms with Gasteiger partial charge in [0.2, 0.25) is 5.91 Å². The number of benzene rings is 1. The maximum Gasteiger partial charge on any atom is 0.258 e. The average Bonchev–Trinajstić information content (AvgIpc) is 2.52.